The van der Waals surface area contributed by atoms with Gasteiger partial charge in [0.05, 0.1) is 12.5 Å². The number of amides is 2. The predicted molar refractivity (Wildman–Crippen MR) is 116 cm³/mol. The van der Waals surface area contributed by atoms with Gasteiger partial charge in [-0.25, -0.2) is 4.68 Å². The van der Waals surface area contributed by atoms with Gasteiger partial charge in [-0.3, -0.25) is 14.9 Å². The number of hydrogen-bond donors (Lipinski definition) is 2. The molecule has 1 atom stereocenters. The maximum Gasteiger partial charge on any atom is 0.262 e. The van der Waals surface area contributed by atoms with Crippen molar-refractivity contribution >= 4 is 51.0 Å². The summed E-state index contributed by atoms with van der Waals surface area (Å²) < 4.78 is 8.33. The van der Waals surface area contributed by atoms with Crippen LogP contribution in [0.3, 0.4) is 0 Å². The van der Waals surface area contributed by atoms with Crippen molar-refractivity contribution in [2.75, 3.05) is 17.2 Å². The molecule has 10 heteroatoms. The van der Waals surface area contributed by atoms with Crippen molar-refractivity contribution in [1.82, 2.24) is 14.8 Å². The molecule has 0 radical (unpaired) electrons. The number of anilines is 2. The molecule has 0 aliphatic carbocycles. The Bertz CT molecular complexity index is 1130. The number of fused-ring (bicyclic) bond motifs is 1. The van der Waals surface area contributed by atoms with Gasteiger partial charge < -0.3 is 10.1 Å². The topological polar surface area (TPSA) is 98.1 Å². The van der Waals surface area contributed by atoms with Crippen molar-refractivity contribution in [2.45, 2.75) is 19.4 Å². The monoisotopic (exact) mass is 489 g/mol. The number of ether oxygens (including phenoxy) is 1. The fraction of sp³-hybridized carbons (Fsp3) is 0.200. The number of halogens is 2. The summed E-state index contributed by atoms with van der Waals surface area (Å²) in [5, 5.41) is 10.2. The Hall–Kier alpha value is -2.91. The number of aromatic nitrogens is 3. The lowest BCUT2D eigenvalue weighted by molar-refractivity contribution is -0.118. The zero-order chi connectivity index (χ0) is 21.3. The van der Waals surface area contributed by atoms with Crippen LogP contribution in [0.1, 0.15) is 23.6 Å². The van der Waals surface area contributed by atoms with Crippen LogP contribution in [0.25, 0.3) is 0 Å². The molecule has 1 aromatic heterocycles. The van der Waals surface area contributed by atoms with E-state index in [-0.39, 0.29) is 24.8 Å². The maximum atomic E-state index is 12.4. The van der Waals surface area contributed by atoms with E-state index in [9.17, 15) is 9.59 Å². The number of aryl methyl sites for hydroxylation is 1. The lowest BCUT2D eigenvalue weighted by Gasteiger charge is -2.25. The van der Waals surface area contributed by atoms with E-state index in [0.717, 1.165) is 10.0 Å². The van der Waals surface area contributed by atoms with E-state index in [0.29, 0.717) is 28.0 Å². The van der Waals surface area contributed by atoms with Crippen LogP contribution in [-0.2, 0) is 9.59 Å². The number of nitrogens with zero attached hydrogens (tertiary/aromatic N) is 3. The molecular formula is C20H17BrClN5O3. The van der Waals surface area contributed by atoms with Gasteiger partial charge in [-0.2, -0.15) is 10.1 Å². The molecular weight excluding hydrogens is 474 g/mol. The van der Waals surface area contributed by atoms with E-state index in [1.165, 1.54) is 6.33 Å². The van der Waals surface area contributed by atoms with Crippen molar-refractivity contribution in [1.29, 1.82) is 0 Å². The third-order valence-corrected chi connectivity index (χ3v) is 5.38. The second-order valence-electron chi connectivity index (χ2n) is 6.77. The first-order valence-corrected chi connectivity index (χ1v) is 10.3. The fourth-order valence-corrected chi connectivity index (χ4v) is 3.91. The van der Waals surface area contributed by atoms with Crippen LogP contribution in [0.4, 0.5) is 11.6 Å². The van der Waals surface area contributed by atoms with Crippen molar-refractivity contribution in [2.24, 2.45) is 0 Å². The molecule has 4 rings (SSSR count). The molecule has 1 aliphatic rings. The average Bonchev–Trinajstić information content (AvgIpc) is 3.17. The predicted octanol–water partition coefficient (Wildman–Crippen LogP) is 3.95. The van der Waals surface area contributed by atoms with E-state index in [2.05, 4.69) is 36.6 Å². The molecule has 2 amide bonds. The maximum absolute atomic E-state index is 12.4. The van der Waals surface area contributed by atoms with Crippen LogP contribution in [-0.4, -0.2) is 33.2 Å². The van der Waals surface area contributed by atoms with E-state index in [1.54, 1.807) is 22.9 Å². The van der Waals surface area contributed by atoms with Gasteiger partial charge in [0.25, 0.3) is 5.91 Å². The van der Waals surface area contributed by atoms with Gasteiger partial charge in [0.2, 0.25) is 11.9 Å². The summed E-state index contributed by atoms with van der Waals surface area (Å²) >= 11 is 9.59. The van der Waals surface area contributed by atoms with Crippen LogP contribution >= 0.6 is 27.5 Å². The van der Waals surface area contributed by atoms with Crippen LogP contribution in [0.5, 0.6) is 5.75 Å². The van der Waals surface area contributed by atoms with Gasteiger partial charge in [-0.15, -0.1) is 0 Å². The van der Waals surface area contributed by atoms with Crippen LogP contribution in [0, 0.1) is 6.92 Å². The van der Waals surface area contributed by atoms with E-state index in [1.807, 2.05) is 25.1 Å². The second-order valence-corrected chi connectivity index (χ2v) is 8.13. The molecule has 2 heterocycles. The van der Waals surface area contributed by atoms with E-state index < -0.39 is 6.04 Å². The minimum atomic E-state index is -0.443. The number of carbonyl (C=O) groups excluding carboxylic acids is 2. The zero-order valence-corrected chi connectivity index (χ0v) is 18.2. The third kappa shape index (κ3) is 4.31. The lowest BCUT2D eigenvalue weighted by atomic mass is 10.0. The molecule has 0 saturated heterocycles. The summed E-state index contributed by atoms with van der Waals surface area (Å²) in [4.78, 5) is 28.6. The first-order valence-electron chi connectivity index (χ1n) is 9.08. The summed E-state index contributed by atoms with van der Waals surface area (Å²) in [6, 6.07) is 10.2. The lowest BCUT2D eigenvalue weighted by Crippen LogP contribution is -2.30. The van der Waals surface area contributed by atoms with Crippen molar-refractivity contribution in [3.8, 4) is 5.75 Å². The molecule has 0 unspecified atom stereocenters. The number of carbonyl (C=O) groups is 2. The van der Waals surface area contributed by atoms with Gasteiger partial charge in [0.15, 0.2) is 6.61 Å². The number of benzene rings is 2. The SMILES string of the molecule is Cc1cc(Br)ccc1NC(=O)COc1ccc(Cl)cc1[C@@H]1CC(=O)Nc2ncnn21. The Balaban J connectivity index is 1.53. The van der Waals surface area contributed by atoms with Gasteiger partial charge in [-0.05, 0) is 48.9 Å². The molecule has 2 aromatic carbocycles. The molecule has 0 fully saturated rings. The van der Waals surface area contributed by atoms with Crippen molar-refractivity contribution in [3.05, 3.63) is 63.3 Å². The highest BCUT2D eigenvalue weighted by Crippen LogP contribution is 2.36. The Kier molecular flexibility index (Phi) is 5.74. The molecule has 0 bridgehead atoms. The highest BCUT2D eigenvalue weighted by molar-refractivity contribution is 9.10. The first kappa shape index (κ1) is 20.4. The van der Waals surface area contributed by atoms with Crippen LogP contribution in [0.2, 0.25) is 5.02 Å². The Labute approximate surface area is 185 Å². The molecule has 154 valence electrons. The molecule has 30 heavy (non-hydrogen) atoms. The Morgan fingerprint density at radius 2 is 2.20 bits per heavy atom. The molecule has 0 spiro atoms. The summed E-state index contributed by atoms with van der Waals surface area (Å²) in [5.74, 6) is 0.313. The number of hydrogen-bond acceptors (Lipinski definition) is 5. The zero-order valence-electron chi connectivity index (χ0n) is 15.9. The second kappa shape index (κ2) is 8.45. The first-order chi connectivity index (χ1) is 14.4. The summed E-state index contributed by atoms with van der Waals surface area (Å²) in [5.41, 5.74) is 2.29. The molecule has 2 N–H and O–H groups in total. The van der Waals surface area contributed by atoms with E-state index >= 15 is 0 Å². The molecule has 1 aliphatic heterocycles. The van der Waals surface area contributed by atoms with Crippen LogP contribution < -0.4 is 15.4 Å². The normalized spacial score (nSPS) is 15.3. The minimum absolute atomic E-state index is 0.150. The fourth-order valence-electron chi connectivity index (χ4n) is 3.26. The Morgan fingerprint density at radius 1 is 1.37 bits per heavy atom. The molecule has 8 nitrogen and oxygen atoms in total. The highest BCUT2D eigenvalue weighted by Gasteiger charge is 2.30. The smallest absolute Gasteiger partial charge is 0.262 e. The number of rotatable bonds is 5. The minimum Gasteiger partial charge on any atom is -0.483 e. The summed E-state index contributed by atoms with van der Waals surface area (Å²) in [6.07, 6.45) is 1.52. The summed E-state index contributed by atoms with van der Waals surface area (Å²) in [7, 11) is 0. The van der Waals surface area contributed by atoms with Crippen molar-refractivity contribution < 1.29 is 14.3 Å². The quantitative estimate of drug-likeness (QED) is 0.564. The largest absolute Gasteiger partial charge is 0.483 e. The van der Waals surface area contributed by atoms with Gasteiger partial charge in [0, 0.05) is 20.7 Å². The van der Waals surface area contributed by atoms with E-state index in [4.69, 9.17) is 16.3 Å². The third-order valence-electron chi connectivity index (χ3n) is 4.65. The standard InChI is InChI=1S/C20H17BrClN5O3/c1-11-6-12(21)2-4-15(11)25-19(29)9-30-17-5-3-13(22)7-14(17)16-8-18(28)26-20-23-10-24-27(16)20/h2-7,10,16H,8-9H2,1H3,(H,25,29)(H,23,24,26,28)/t16-/m0/s1. The highest BCUT2D eigenvalue weighted by atomic mass is 79.9. The number of nitrogens with one attached hydrogen (secondary N) is 2. The van der Waals surface area contributed by atoms with Gasteiger partial charge in [-0.1, -0.05) is 27.5 Å². The van der Waals surface area contributed by atoms with Gasteiger partial charge in [0.1, 0.15) is 12.1 Å². The summed E-state index contributed by atoms with van der Waals surface area (Å²) in [6.45, 7) is 1.70. The Morgan fingerprint density at radius 3 is 3.00 bits per heavy atom. The average molecular weight is 491 g/mol. The van der Waals surface area contributed by atoms with Crippen molar-refractivity contribution in [3.63, 3.8) is 0 Å². The van der Waals surface area contributed by atoms with Gasteiger partial charge >= 0.3 is 0 Å². The molecule has 0 saturated carbocycles. The molecule has 3 aromatic rings. The van der Waals surface area contributed by atoms with Crippen LogP contribution in [0.15, 0.2) is 47.2 Å².